The summed E-state index contributed by atoms with van der Waals surface area (Å²) < 4.78 is 50.3. The average molecular weight is 540 g/mol. The lowest BCUT2D eigenvalue weighted by atomic mass is 9.95. The van der Waals surface area contributed by atoms with Crippen molar-refractivity contribution in [1.29, 1.82) is 0 Å². The molecule has 4 rings (SSSR count). The highest BCUT2D eigenvalue weighted by atomic mass is 35.5. The first-order valence-corrected chi connectivity index (χ1v) is 14.8. The molecule has 0 spiro atoms. The Morgan fingerprint density at radius 2 is 1.62 bits per heavy atom. The topological polar surface area (TPSA) is 97.4 Å². The number of nitrogens with one attached hydrogen (secondary N) is 1. The molecule has 0 aromatic heterocycles. The van der Waals surface area contributed by atoms with Crippen LogP contribution in [0.15, 0.2) is 75.6 Å². The van der Waals surface area contributed by atoms with E-state index in [4.69, 9.17) is 23.2 Å². The van der Waals surface area contributed by atoms with E-state index in [9.17, 15) is 21.6 Å². The van der Waals surface area contributed by atoms with Crippen molar-refractivity contribution in [1.82, 2.24) is 5.32 Å². The van der Waals surface area contributed by atoms with Crippen LogP contribution in [0.5, 0.6) is 0 Å². The molecule has 1 N–H and O–H groups in total. The van der Waals surface area contributed by atoms with E-state index in [0.717, 1.165) is 11.8 Å². The average Bonchev–Trinajstić information content (AvgIpc) is 3.59. The summed E-state index contributed by atoms with van der Waals surface area (Å²) in [5, 5.41) is 2.54. The van der Waals surface area contributed by atoms with Crippen LogP contribution in [0.3, 0.4) is 0 Å². The summed E-state index contributed by atoms with van der Waals surface area (Å²) in [5.41, 5.74) is 1.83. The number of rotatable bonds is 7. The Morgan fingerprint density at radius 1 is 1.00 bits per heavy atom. The van der Waals surface area contributed by atoms with Crippen LogP contribution in [-0.4, -0.2) is 39.1 Å². The third-order valence-corrected chi connectivity index (χ3v) is 10.4. The second kappa shape index (κ2) is 9.15. The molecule has 0 bridgehead atoms. The van der Waals surface area contributed by atoms with Crippen LogP contribution < -0.4 is 5.32 Å². The molecule has 2 aliphatic carbocycles. The second-order valence-electron chi connectivity index (χ2n) is 8.59. The zero-order chi connectivity index (χ0) is 24.7. The monoisotopic (exact) mass is 539 g/mol. The minimum absolute atomic E-state index is 0.132. The highest BCUT2D eigenvalue weighted by molar-refractivity contribution is 7.93. The summed E-state index contributed by atoms with van der Waals surface area (Å²) in [6.45, 7) is 0. The molecule has 2 aromatic carbocycles. The maximum absolute atomic E-state index is 13.5. The van der Waals surface area contributed by atoms with Gasteiger partial charge in [-0.15, -0.1) is 0 Å². The number of carbonyl (C=O) groups is 1. The van der Waals surface area contributed by atoms with Gasteiger partial charge >= 0.3 is 0 Å². The number of carbonyl (C=O) groups excluding carboxylic acids is 1. The molecule has 2 aliphatic rings. The van der Waals surface area contributed by atoms with Crippen molar-refractivity contribution in [2.45, 2.75) is 40.7 Å². The Labute approximate surface area is 209 Å². The molecule has 10 heteroatoms. The quantitative estimate of drug-likeness (QED) is 0.568. The second-order valence-corrected chi connectivity index (χ2v) is 14.0. The molecule has 1 saturated carbocycles. The van der Waals surface area contributed by atoms with Crippen LogP contribution >= 0.6 is 23.2 Å². The van der Waals surface area contributed by atoms with Gasteiger partial charge in [0.25, 0.3) is 0 Å². The van der Waals surface area contributed by atoms with E-state index < -0.39 is 35.7 Å². The van der Waals surface area contributed by atoms with Crippen molar-refractivity contribution >= 4 is 54.4 Å². The Kier molecular flexibility index (Phi) is 6.72. The summed E-state index contributed by atoms with van der Waals surface area (Å²) in [5.74, 6) is -0.537. The first kappa shape index (κ1) is 25.0. The number of hydrogen-bond donors (Lipinski definition) is 1. The van der Waals surface area contributed by atoms with Crippen LogP contribution in [-0.2, 0) is 30.9 Å². The molecule has 0 saturated heterocycles. The molecule has 1 amide bonds. The van der Waals surface area contributed by atoms with E-state index >= 15 is 0 Å². The summed E-state index contributed by atoms with van der Waals surface area (Å²) in [6, 6.07) is 15.1. The van der Waals surface area contributed by atoms with Crippen LogP contribution in [0.4, 0.5) is 0 Å². The minimum Gasteiger partial charge on any atom is -0.333 e. The smallest absolute Gasteiger partial charge is 0.225 e. The van der Waals surface area contributed by atoms with Crippen LogP contribution in [0, 0.1) is 0 Å². The largest absolute Gasteiger partial charge is 0.333 e. The van der Waals surface area contributed by atoms with Crippen molar-refractivity contribution in [2.75, 3.05) is 6.26 Å². The van der Waals surface area contributed by atoms with Crippen LogP contribution in [0.2, 0.25) is 0 Å². The first-order chi connectivity index (χ1) is 15.9. The van der Waals surface area contributed by atoms with Gasteiger partial charge in [0, 0.05) is 28.3 Å². The fourth-order valence-electron chi connectivity index (χ4n) is 4.01. The molecule has 1 atom stereocenters. The van der Waals surface area contributed by atoms with Crippen molar-refractivity contribution < 1.29 is 21.6 Å². The summed E-state index contributed by atoms with van der Waals surface area (Å²) >= 11 is 13.2. The normalized spacial score (nSPS) is 21.2. The zero-order valence-corrected chi connectivity index (χ0v) is 21.4. The molecular formula is C24H23Cl2NO5S2. The predicted octanol–water partition coefficient (Wildman–Crippen LogP) is 4.20. The van der Waals surface area contributed by atoms with Gasteiger partial charge in [0.2, 0.25) is 5.91 Å². The number of amides is 1. The number of halogens is 2. The third kappa shape index (κ3) is 4.96. The van der Waals surface area contributed by atoms with E-state index in [-0.39, 0.29) is 27.8 Å². The summed E-state index contributed by atoms with van der Waals surface area (Å²) in [7, 11) is -7.19. The van der Waals surface area contributed by atoms with E-state index in [1.54, 1.807) is 0 Å². The Balaban J connectivity index is 1.64. The maximum atomic E-state index is 13.5. The molecule has 6 nitrogen and oxygen atoms in total. The van der Waals surface area contributed by atoms with Crippen molar-refractivity contribution in [2.24, 2.45) is 0 Å². The Bertz CT molecular complexity index is 1400. The molecule has 1 fully saturated rings. The standard InChI is InChI=1S/C24H23Cl2NO5S2/c1-33(29,30)18-9-7-16(8-10-18)13-22(28)27-24(34(31,32)19-11-12-19)14-20(25)23(21(26)15-24)17-5-3-2-4-6-17/h2-10,14,19H,11-13,15H2,1H3,(H,27,28). The highest BCUT2D eigenvalue weighted by Crippen LogP contribution is 2.47. The lowest BCUT2D eigenvalue weighted by molar-refractivity contribution is -0.121. The minimum atomic E-state index is -3.83. The molecule has 1 unspecified atom stereocenters. The van der Waals surface area contributed by atoms with Gasteiger partial charge in [-0.3, -0.25) is 4.79 Å². The zero-order valence-electron chi connectivity index (χ0n) is 18.3. The SMILES string of the molecule is CS(=O)(=O)c1ccc(CC(=O)NC2(S(=O)(=O)C3CC3)C=C(Cl)C(c3ccccc3)=C(Cl)C2)cc1. The first-order valence-electron chi connectivity index (χ1n) is 10.6. The van der Waals surface area contributed by atoms with Crippen LogP contribution in [0.25, 0.3) is 5.57 Å². The van der Waals surface area contributed by atoms with Gasteiger partial charge in [-0.25, -0.2) is 16.8 Å². The molecule has 34 heavy (non-hydrogen) atoms. The third-order valence-electron chi connectivity index (χ3n) is 5.89. The fraction of sp³-hybridized carbons (Fsp3) is 0.292. The van der Waals surface area contributed by atoms with Gasteiger partial charge in [0.15, 0.2) is 24.5 Å². The summed E-state index contributed by atoms with van der Waals surface area (Å²) in [4.78, 5) is 11.4. The van der Waals surface area contributed by atoms with E-state index in [2.05, 4.69) is 5.32 Å². The Hall–Kier alpha value is -2.13. The van der Waals surface area contributed by atoms with Crippen LogP contribution in [0.1, 0.15) is 30.4 Å². The van der Waals surface area contributed by atoms with Gasteiger partial charge in [-0.1, -0.05) is 65.7 Å². The predicted molar refractivity (Wildman–Crippen MR) is 134 cm³/mol. The molecule has 180 valence electrons. The van der Waals surface area contributed by atoms with Crippen molar-refractivity contribution in [3.63, 3.8) is 0 Å². The van der Waals surface area contributed by atoms with E-state index in [1.807, 2.05) is 30.3 Å². The van der Waals surface area contributed by atoms with Gasteiger partial charge < -0.3 is 5.32 Å². The molecule has 0 radical (unpaired) electrons. The lowest BCUT2D eigenvalue weighted by Gasteiger charge is -2.35. The number of hydrogen-bond acceptors (Lipinski definition) is 5. The number of benzene rings is 2. The molecular weight excluding hydrogens is 517 g/mol. The van der Waals surface area contributed by atoms with Crippen molar-refractivity contribution in [3.05, 3.63) is 81.9 Å². The molecule has 2 aromatic rings. The van der Waals surface area contributed by atoms with Gasteiger partial charge in [-0.05, 0) is 42.2 Å². The fourth-order valence-corrected chi connectivity index (χ4v) is 7.89. The van der Waals surface area contributed by atoms with Gasteiger partial charge in [0.1, 0.15) is 0 Å². The Morgan fingerprint density at radius 3 is 2.15 bits per heavy atom. The highest BCUT2D eigenvalue weighted by Gasteiger charge is 2.53. The molecule has 0 aliphatic heterocycles. The van der Waals surface area contributed by atoms with Crippen molar-refractivity contribution in [3.8, 4) is 0 Å². The van der Waals surface area contributed by atoms with E-state index in [0.29, 0.717) is 24.0 Å². The van der Waals surface area contributed by atoms with Gasteiger partial charge in [-0.2, -0.15) is 0 Å². The summed E-state index contributed by atoms with van der Waals surface area (Å²) in [6.07, 6.45) is 3.26. The van der Waals surface area contributed by atoms with Gasteiger partial charge in [0.05, 0.1) is 16.6 Å². The molecule has 0 heterocycles. The lowest BCUT2D eigenvalue weighted by Crippen LogP contribution is -2.55. The maximum Gasteiger partial charge on any atom is 0.225 e. The number of sulfone groups is 2. The van der Waals surface area contributed by atoms with E-state index in [1.165, 1.54) is 30.3 Å². The number of allylic oxidation sites excluding steroid dienone is 2.